The van der Waals surface area contributed by atoms with E-state index in [9.17, 15) is 9.59 Å². The third-order valence-electron chi connectivity index (χ3n) is 6.50. The molecule has 1 aromatic heterocycles. The zero-order chi connectivity index (χ0) is 24.9. The van der Waals surface area contributed by atoms with Gasteiger partial charge in [0.05, 0.1) is 20.1 Å². The fourth-order valence-electron chi connectivity index (χ4n) is 4.78. The van der Waals surface area contributed by atoms with Gasteiger partial charge in [-0.3, -0.25) is 4.79 Å². The van der Waals surface area contributed by atoms with E-state index in [1.165, 1.54) is 4.80 Å². The first-order valence-electron chi connectivity index (χ1n) is 11.7. The number of urea groups is 1. The third kappa shape index (κ3) is 6.08. The van der Waals surface area contributed by atoms with Crippen LogP contribution in [0.1, 0.15) is 31.2 Å². The highest BCUT2D eigenvalue weighted by Crippen LogP contribution is 2.39. The number of aromatic nitrogens is 4. The van der Waals surface area contributed by atoms with Crippen molar-refractivity contribution in [2.24, 2.45) is 18.9 Å². The summed E-state index contributed by atoms with van der Waals surface area (Å²) >= 11 is 3.70. The van der Waals surface area contributed by atoms with E-state index in [1.54, 1.807) is 24.1 Å². The van der Waals surface area contributed by atoms with Gasteiger partial charge in [-0.05, 0) is 41.7 Å². The first-order chi connectivity index (χ1) is 16.8. The summed E-state index contributed by atoms with van der Waals surface area (Å²) in [4.78, 5) is 31.2. The normalized spacial score (nSPS) is 21.6. The number of anilines is 1. The fourth-order valence-corrected chi connectivity index (χ4v) is 5.65. The highest BCUT2D eigenvalue weighted by Gasteiger charge is 2.38. The molecule has 1 aliphatic carbocycles. The Balaban J connectivity index is 1.41. The van der Waals surface area contributed by atoms with Gasteiger partial charge in [0.25, 0.3) is 0 Å². The van der Waals surface area contributed by atoms with Crippen molar-refractivity contribution < 1.29 is 9.59 Å². The number of nitrogens with one attached hydrogen (secondary N) is 1. The molecule has 2 aromatic rings. The number of hydrogen-bond acceptors (Lipinski definition) is 6. The SMILES string of the molecule is CC1C=CC=C(Br)C1C1CCCN1C(=O)CNC(=O)N(Cc1ccc(N)cc1)Cc1nnn(C)n1. The van der Waals surface area contributed by atoms with E-state index in [-0.39, 0.29) is 37.0 Å². The Labute approximate surface area is 213 Å². The van der Waals surface area contributed by atoms with Crippen LogP contribution in [0.5, 0.6) is 0 Å². The first kappa shape index (κ1) is 24.9. The van der Waals surface area contributed by atoms with Gasteiger partial charge in [-0.15, -0.1) is 10.2 Å². The molecule has 10 nitrogen and oxygen atoms in total. The van der Waals surface area contributed by atoms with Gasteiger partial charge in [0.1, 0.15) is 0 Å². The van der Waals surface area contributed by atoms with E-state index in [1.807, 2.05) is 23.1 Å². The molecule has 35 heavy (non-hydrogen) atoms. The Hall–Kier alpha value is -3.21. The van der Waals surface area contributed by atoms with Crippen molar-refractivity contribution >= 4 is 33.6 Å². The molecule has 1 aromatic carbocycles. The van der Waals surface area contributed by atoms with E-state index in [0.29, 0.717) is 30.5 Å². The van der Waals surface area contributed by atoms with Crippen LogP contribution in [0.25, 0.3) is 0 Å². The van der Waals surface area contributed by atoms with Crippen molar-refractivity contribution in [2.75, 3.05) is 18.8 Å². The first-order valence-corrected chi connectivity index (χ1v) is 12.5. The van der Waals surface area contributed by atoms with Crippen molar-refractivity contribution in [2.45, 2.75) is 38.9 Å². The fraction of sp³-hybridized carbons (Fsp3) is 0.458. The maximum atomic E-state index is 13.2. The smallest absolute Gasteiger partial charge is 0.318 e. The summed E-state index contributed by atoms with van der Waals surface area (Å²) in [6.07, 6.45) is 8.19. The Kier molecular flexibility index (Phi) is 7.84. The topological polar surface area (TPSA) is 122 Å². The molecular formula is C24H31BrN8O2. The van der Waals surface area contributed by atoms with Crippen molar-refractivity contribution in [3.63, 3.8) is 0 Å². The van der Waals surface area contributed by atoms with Gasteiger partial charge in [0, 0.05) is 35.2 Å². The average molecular weight is 543 g/mol. The zero-order valence-corrected chi connectivity index (χ0v) is 21.6. The van der Waals surface area contributed by atoms with Crippen molar-refractivity contribution in [1.29, 1.82) is 0 Å². The lowest BCUT2D eigenvalue weighted by atomic mass is 9.83. The summed E-state index contributed by atoms with van der Waals surface area (Å²) in [6.45, 7) is 3.28. The monoisotopic (exact) mass is 542 g/mol. The molecule has 0 spiro atoms. The minimum atomic E-state index is -0.367. The van der Waals surface area contributed by atoms with Crippen LogP contribution in [-0.4, -0.2) is 61.1 Å². The number of tetrazole rings is 1. The Morgan fingerprint density at radius 3 is 2.71 bits per heavy atom. The summed E-state index contributed by atoms with van der Waals surface area (Å²) in [5.41, 5.74) is 7.34. The highest BCUT2D eigenvalue weighted by atomic mass is 79.9. The summed E-state index contributed by atoms with van der Waals surface area (Å²) in [7, 11) is 1.67. The molecule has 0 saturated carbocycles. The molecule has 186 valence electrons. The molecule has 1 fully saturated rings. The van der Waals surface area contributed by atoms with E-state index >= 15 is 0 Å². The van der Waals surface area contributed by atoms with Crippen LogP contribution < -0.4 is 11.1 Å². The van der Waals surface area contributed by atoms with Crippen LogP contribution in [0.4, 0.5) is 10.5 Å². The number of aryl methyl sites for hydroxylation is 1. The number of rotatable bonds is 7. The lowest BCUT2D eigenvalue weighted by Gasteiger charge is -2.35. The van der Waals surface area contributed by atoms with Gasteiger partial charge in [-0.1, -0.05) is 53.2 Å². The molecule has 0 radical (unpaired) electrons. The maximum Gasteiger partial charge on any atom is 0.318 e. The largest absolute Gasteiger partial charge is 0.399 e. The molecule has 0 bridgehead atoms. The predicted octanol–water partition coefficient (Wildman–Crippen LogP) is 2.60. The molecule has 2 aliphatic rings. The Morgan fingerprint density at radius 1 is 1.26 bits per heavy atom. The molecule has 11 heteroatoms. The van der Waals surface area contributed by atoms with E-state index in [0.717, 1.165) is 22.9 Å². The summed E-state index contributed by atoms with van der Waals surface area (Å²) < 4.78 is 1.12. The van der Waals surface area contributed by atoms with Gasteiger partial charge >= 0.3 is 6.03 Å². The number of amides is 3. The number of carbonyl (C=O) groups excluding carboxylic acids is 2. The van der Waals surface area contributed by atoms with Gasteiger partial charge in [0.15, 0.2) is 5.82 Å². The quantitative estimate of drug-likeness (QED) is 0.518. The molecule has 1 aliphatic heterocycles. The molecule has 1 saturated heterocycles. The predicted molar refractivity (Wildman–Crippen MR) is 136 cm³/mol. The van der Waals surface area contributed by atoms with Gasteiger partial charge < -0.3 is 20.9 Å². The summed E-state index contributed by atoms with van der Waals surface area (Å²) in [5.74, 6) is 0.900. The molecule has 3 amide bonds. The number of halogens is 1. The van der Waals surface area contributed by atoms with Crippen molar-refractivity contribution in [1.82, 2.24) is 35.3 Å². The molecule has 3 atom stereocenters. The Bertz CT molecular complexity index is 1110. The Morgan fingerprint density at radius 2 is 2.03 bits per heavy atom. The van der Waals surface area contributed by atoms with Crippen molar-refractivity contribution in [3.05, 3.63) is 58.4 Å². The average Bonchev–Trinajstić information content (AvgIpc) is 3.47. The van der Waals surface area contributed by atoms with Crippen LogP contribution in [0.2, 0.25) is 0 Å². The van der Waals surface area contributed by atoms with Gasteiger partial charge in [0.2, 0.25) is 5.91 Å². The lowest BCUT2D eigenvalue weighted by Crippen LogP contribution is -2.48. The maximum absolute atomic E-state index is 13.2. The number of allylic oxidation sites excluding steroid dienone is 3. The lowest BCUT2D eigenvalue weighted by molar-refractivity contribution is -0.131. The standard InChI is InChI=1S/C24H31BrN8O2/c1-16-5-3-6-19(25)23(16)20-7-4-12-33(20)22(34)13-27-24(35)32(15-21-28-30-31(2)29-21)14-17-8-10-18(26)11-9-17/h3,5-6,8-11,16,20,23H,4,7,12-15,26H2,1-2H3,(H,27,35). The minimum absolute atomic E-state index is 0.0697. The van der Waals surface area contributed by atoms with E-state index in [2.05, 4.69) is 55.7 Å². The van der Waals surface area contributed by atoms with Gasteiger partial charge in [-0.2, -0.15) is 4.80 Å². The molecular weight excluding hydrogens is 512 g/mol. The van der Waals surface area contributed by atoms with Crippen LogP contribution in [0.3, 0.4) is 0 Å². The van der Waals surface area contributed by atoms with E-state index < -0.39 is 0 Å². The van der Waals surface area contributed by atoms with Crippen molar-refractivity contribution in [3.8, 4) is 0 Å². The summed E-state index contributed by atoms with van der Waals surface area (Å²) in [6, 6.07) is 7.05. The second-order valence-electron chi connectivity index (χ2n) is 9.07. The number of nitrogen functional groups attached to an aromatic ring is 1. The van der Waals surface area contributed by atoms with Gasteiger partial charge in [-0.25, -0.2) is 4.79 Å². The zero-order valence-electron chi connectivity index (χ0n) is 20.0. The summed E-state index contributed by atoms with van der Waals surface area (Å²) in [5, 5.41) is 14.8. The highest BCUT2D eigenvalue weighted by molar-refractivity contribution is 9.11. The van der Waals surface area contributed by atoms with Crippen LogP contribution in [0, 0.1) is 11.8 Å². The van der Waals surface area contributed by atoms with Crippen LogP contribution in [0.15, 0.2) is 47.0 Å². The second-order valence-corrected chi connectivity index (χ2v) is 9.99. The molecule has 4 rings (SSSR count). The number of benzene rings is 1. The van der Waals surface area contributed by atoms with Crippen LogP contribution in [-0.2, 0) is 24.9 Å². The number of nitrogens with zero attached hydrogens (tertiary/aromatic N) is 6. The number of hydrogen-bond donors (Lipinski definition) is 2. The number of likely N-dealkylation sites (tertiary alicyclic amines) is 1. The third-order valence-corrected chi connectivity index (χ3v) is 7.30. The molecule has 2 heterocycles. The van der Waals surface area contributed by atoms with Crippen LogP contribution >= 0.6 is 15.9 Å². The molecule has 3 unspecified atom stereocenters. The number of nitrogens with two attached hydrogens (primary N) is 1. The second kappa shape index (κ2) is 11.0. The number of carbonyl (C=O) groups is 2. The van der Waals surface area contributed by atoms with E-state index in [4.69, 9.17) is 5.73 Å². The molecule has 3 N–H and O–H groups in total. The minimum Gasteiger partial charge on any atom is -0.399 e.